The topological polar surface area (TPSA) is 80.7 Å². The van der Waals surface area contributed by atoms with Crippen molar-refractivity contribution in [3.63, 3.8) is 0 Å². The first-order valence-electron chi connectivity index (χ1n) is 8.29. The van der Waals surface area contributed by atoms with E-state index in [4.69, 9.17) is 0 Å². The molecule has 4 heterocycles. The zero-order chi connectivity index (χ0) is 18.7. The Balaban J connectivity index is 0.000000156. The first-order valence-corrected chi connectivity index (χ1v) is 8.29. The quantitative estimate of drug-likeness (QED) is 0.559. The van der Waals surface area contributed by atoms with Gasteiger partial charge >= 0.3 is 0 Å². The van der Waals surface area contributed by atoms with E-state index in [1.54, 1.807) is 61.2 Å². The Morgan fingerprint density at radius 3 is 1.30 bits per heavy atom. The molecule has 27 heavy (non-hydrogen) atoms. The maximum atomic E-state index is 11.7. The number of carbonyl (C=O) groups excluding carboxylic acids is 1. The molecule has 0 saturated carbocycles. The van der Waals surface area contributed by atoms with Gasteiger partial charge in [0.05, 0.1) is 0 Å². The molecule has 0 aliphatic carbocycles. The van der Waals surface area contributed by atoms with Gasteiger partial charge in [0.15, 0.2) is 0 Å². The number of carbonyl (C=O) groups is 1. The molecule has 0 radical (unpaired) electrons. The summed E-state index contributed by atoms with van der Waals surface area (Å²) in [5.41, 5.74) is 0.845. The normalized spacial score (nSPS) is 9.63. The van der Waals surface area contributed by atoms with Crippen molar-refractivity contribution in [2.75, 3.05) is 5.32 Å². The molecule has 0 fully saturated rings. The van der Waals surface area contributed by atoms with E-state index in [2.05, 4.69) is 25.3 Å². The molecule has 0 aromatic carbocycles. The molecule has 0 saturated heterocycles. The van der Waals surface area contributed by atoms with Crippen LogP contribution in [0.3, 0.4) is 0 Å². The molecule has 0 unspecified atom stereocenters. The van der Waals surface area contributed by atoms with Gasteiger partial charge in [-0.15, -0.1) is 0 Å². The van der Waals surface area contributed by atoms with E-state index in [9.17, 15) is 4.79 Å². The lowest BCUT2D eigenvalue weighted by atomic mass is 10.2. The molecular weight excluding hydrogens is 338 g/mol. The van der Waals surface area contributed by atoms with Crippen LogP contribution in [0, 0.1) is 0 Å². The third-order valence-corrected chi connectivity index (χ3v) is 3.38. The minimum atomic E-state index is -0.147. The third-order valence-electron chi connectivity index (χ3n) is 3.38. The molecule has 1 N–H and O–H groups in total. The molecular formula is C21H17N5O. The molecule has 132 valence electrons. The smallest absolute Gasteiger partial charge is 0.229 e. The molecule has 6 nitrogen and oxygen atoms in total. The van der Waals surface area contributed by atoms with Crippen LogP contribution in [0.2, 0.25) is 0 Å². The van der Waals surface area contributed by atoms with E-state index in [0.717, 1.165) is 11.6 Å². The van der Waals surface area contributed by atoms with Crippen molar-refractivity contribution in [1.82, 2.24) is 19.9 Å². The van der Waals surface area contributed by atoms with Crippen LogP contribution in [0.4, 0.5) is 11.6 Å². The molecule has 0 atom stereocenters. The number of hydrogen-bond acceptors (Lipinski definition) is 6. The maximum absolute atomic E-state index is 11.7. The van der Waals surface area contributed by atoms with Crippen molar-refractivity contribution in [2.24, 2.45) is 0 Å². The highest BCUT2D eigenvalue weighted by Gasteiger charge is 2.09. The third kappa shape index (κ3) is 5.54. The average molecular weight is 355 g/mol. The van der Waals surface area contributed by atoms with E-state index in [-0.39, 0.29) is 5.78 Å². The van der Waals surface area contributed by atoms with Crippen molar-refractivity contribution in [1.29, 1.82) is 0 Å². The number of nitrogens with one attached hydrogen (secondary N) is 1. The van der Waals surface area contributed by atoms with Crippen molar-refractivity contribution in [3.05, 3.63) is 109 Å². The van der Waals surface area contributed by atoms with Crippen LogP contribution in [0.15, 0.2) is 97.6 Å². The lowest BCUT2D eigenvalue weighted by Gasteiger charge is -2.02. The summed E-state index contributed by atoms with van der Waals surface area (Å²) in [5.74, 6) is 1.47. The van der Waals surface area contributed by atoms with Gasteiger partial charge in [-0.3, -0.25) is 14.8 Å². The van der Waals surface area contributed by atoms with Gasteiger partial charge in [0, 0.05) is 24.8 Å². The highest BCUT2D eigenvalue weighted by molar-refractivity contribution is 6.06. The summed E-state index contributed by atoms with van der Waals surface area (Å²) in [5, 5.41) is 3.08. The number of nitrogens with zero attached hydrogens (tertiary/aromatic N) is 4. The Morgan fingerprint density at radius 1 is 0.556 bits per heavy atom. The maximum Gasteiger partial charge on any atom is 0.229 e. The molecule has 0 amide bonds. The fraction of sp³-hybridized carbons (Fsp3) is 0. The predicted molar refractivity (Wildman–Crippen MR) is 104 cm³/mol. The number of aromatic nitrogens is 4. The zero-order valence-corrected chi connectivity index (χ0v) is 14.4. The van der Waals surface area contributed by atoms with Crippen molar-refractivity contribution >= 4 is 17.4 Å². The summed E-state index contributed by atoms with van der Waals surface area (Å²) in [6.45, 7) is 0. The molecule has 4 aromatic rings. The molecule has 0 aliphatic heterocycles. The van der Waals surface area contributed by atoms with E-state index < -0.39 is 0 Å². The van der Waals surface area contributed by atoms with Crippen LogP contribution in [-0.4, -0.2) is 25.7 Å². The minimum Gasteiger partial charge on any atom is -0.325 e. The van der Waals surface area contributed by atoms with Crippen LogP contribution in [-0.2, 0) is 0 Å². The van der Waals surface area contributed by atoms with Crippen LogP contribution in [0.1, 0.15) is 16.2 Å². The summed E-state index contributed by atoms with van der Waals surface area (Å²) in [6, 6.07) is 21.9. The van der Waals surface area contributed by atoms with Gasteiger partial charge < -0.3 is 5.32 Å². The Bertz CT molecular complexity index is 870. The Morgan fingerprint density at radius 2 is 0.963 bits per heavy atom. The number of anilines is 2. The second kappa shape index (κ2) is 9.53. The summed E-state index contributed by atoms with van der Waals surface area (Å²) in [7, 11) is 0. The highest BCUT2D eigenvalue weighted by Crippen LogP contribution is 2.09. The Hall–Kier alpha value is -3.93. The van der Waals surface area contributed by atoms with Crippen LogP contribution in [0.25, 0.3) is 0 Å². The average Bonchev–Trinajstić information content (AvgIpc) is 2.76. The Kier molecular flexibility index (Phi) is 6.31. The molecule has 0 spiro atoms. The molecule has 4 rings (SSSR count). The summed E-state index contributed by atoms with van der Waals surface area (Å²) < 4.78 is 0. The number of hydrogen-bond donors (Lipinski definition) is 1. The number of pyridine rings is 4. The second-order valence-corrected chi connectivity index (χ2v) is 5.31. The Labute approximate surface area is 157 Å². The standard InChI is InChI=1S/C11H8N2O.C10H9N3/c14-11(9-5-1-3-7-12-9)10-6-2-4-8-13-10;1-3-7-11-9(5-1)13-10-6-2-4-8-12-10/h1-8H;1-8H,(H,11,12,13). The van der Waals surface area contributed by atoms with Gasteiger partial charge in [0.2, 0.25) is 5.78 Å². The van der Waals surface area contributed by atoms with Gasteiger partial charge in [0.1, 0.15) is 23.0 Å². The predicted octanol–water partition coefficient (Wildman–Crippen LogP) is 3.93. The van der Waals surface area contributed by atoms with Crippen LogP contribution < -0.4 is 5.32 Å². The monoisotopic (exact) mass is 355 g/mol. The van der Waals surface area contributed by atoms with E-state index in [1.807, 2.05) is 36.4 Å². The lowest BCUT2D eigenvalue weighted by Crippen LogP contribution is -2.05. The van der Waals surface area contributed by atoms with Crippen molar-refractivity contribution in [3.8, 4) is 0 Å². The fourth-order valence-electron chi connectivity index (χ4n) is 2.13. The van der Waals surface area contributed by atoms with Crippen LogP contribution >= 0.6 is 0 Å². The zero-order valence-electron chi connectivity index (χ0n) is 14.4. The lowest BCUT2D eigenvalue weighted by molar-refractivity contribution is 0.103. The minimum absolute atomic E-state index is 0.147. The highest BCUT2D eigenvalue weighted by atomic mass is 16.1. The number of ketones is 1. The van der Waals surface area contributed by atoms with Gasteiger partial charge in [-0.1, -0.05) is 24.3 Å². The SMILES string of the molecule is O=C(c1ccccn1)c1ccccn1.c1ccc(Nc2ccccn2)nc1. The number of rotatable bonds is 4. The molecule has 6 heteroatoms. The second-order valence-electron chi connectivity index (χ2n) is 5.31. The van der Waals surface area contributed by atoms with E-state index in [1.165, 1.54) is 0 Å². The van der Waals surface area contributed by atoms with E-state index in [0.29, 0.717) is 11.4 Å². The van der Waals surface area contributed by atoms with Gasteiger partial charge in [-0.2, -0.15) is 0 Å². The van der Waals surface area contributed by atoms with Gasteiger partial charge in [0.25, 0.3) is 0 Å². The summed E-state index contributed by atoms with van der Waals surface area (Å²) in [4.78, 5) is 27.9. The molecule has 4 aromatic heterocycles. The molecule has 0 bridgehead atoms. The van der Waals surface area contributed by atoms with Gasteiger partial charge in [-0.05, 0) is 48.5 Å². The van der Waals surface area contributed by atoms with Crippen molar-refractivity contribution in [2.45, 2.75) is 0 Å². The largest absolute Gasteiger partial charge is 0.325 e. The summed E-state index contributed by atoms with van der Waals surface area (Å²) >= 11 is 0. The fourth-order valence-corrected chi connectivity index (χ4v) is 2.13. The van der Waals surface area contributed by atoms with Crippen LogP contribution in [0.5, 0.6) is 0 Å². The first-order chi connectivity index (χ1) is 13.3. The van der Waals surface area contributed by atoms with E-state index >= 15 is 0 Å². The van der Waals surface area contributed by atoms with Gasteiger partial charge in [-0.25, -0.2) is 9.97 Å². The molecule has 0 aliphatic rings. The first kappa shape index (κ1) is 17.9. The van der Waals surface area contributed by atoms with Crippen molar-refractivity contribution < 1.29 is 4.79 Å². The summed E-state index contributed by atoms with van der Waals surface area (Å²) in [6.07, 6.45) is 6.67.